The molecular formula is C77H104F3N9O14. The third-order valence-electron chi connectivity index (χ3n) is 20.6. The first kappa shape index (κ1) is 77.3. The van der Waals surface area contributed by atoms with Gasteiger partial charge < -0.3 is 79.1 Å². The lowest BCUT2D eigenvalue weighted by Crippen LogP contribution is -2.42. The van der Waals surface area contributed by atoms with Crippen LogP contribution < -0.4 is 62.4 Å². The van der Waals surface area contributed by atoms with E-state index >= 15 is 13.2 Å². The highest BCUT2D eigenvalue weighted by molar-refractivity contribution is 5.95. The lowest BCUT2D eigenvalue weighted by atomic mass is 10.0. The number of Topliss-reactive ketones (excluding diaryl/α,β-unsaturated/α-hetero) is 1. The Morgan fingerprint density at radius 3 is 1.22 bits per heavy atom. The minimum absolute atomic E-state index is 0.0235. The fourth-order valence-corrected chi connectivity index (χ4v) is 14.9. The van der Waals surface area contributed by atoms with E-state index in [1.54, 1.807) is 20.6 Å². The van der Waals surface area contributed by atoms with Crippen LogP contribution in [0.3, 0.4) is 0 Å². The molecule has 562 valence electrons. The van der Waals surface area contributed by atoms with Crippen molar-refractivity contribution in [2.75, 3.05) is 87.0 Å². The van der Waals surface area contributed by atoms with Crippen molar-refractivity contribution in [2.45, 2.75) is 207 Å². The average molecular weight is 1440 g/mol. The number of pyridine rings is 3. The second-order valence-electron chi connectivity index (χ2n) is 29.9. The number of carbonyl (C=O) groups excluding carboxylic acids is 3. The average Bonchev–Trinajstić information content (AvgIpc) is 1.71. The molecule has 7 N–H and O–H groups in total. The summed E-state index contributed by atoms with van der Waals surface area (Å²) in [5.74, 6) is -0.812. The van der Waals surface area contributed by atoms with Crippen LogP contribution in [0.4, 0.5) is 35.0 Å². The van der Waals surface area contributed by atoms with Gasteiger partial charge in [-0.2, -0.15) is 0 Å². The Morgan fingerprint density at radius 2 is 0.903 bits per heavy atom. The van der Waals surface area contributed by atoms with E-state index < -0.39 is 24.3 Å². The molecule has 6 aromatic rings. The number of aliphatic hydroxyl groups excluding tert-OH is 1. The summed E-state index contributed by atoms with van der Waals surface area (Å²) < 4.78 is 79.9. The zero-order valence-corrected chi connectivity index (χ0v) is 61.3. The number of hydrogen-bond acceptors (Lipinski definition) is 18. The molecule has 0 radical (unpaired) electrons. The van der Waals surface area contributed by atoms with E-state index in [9.17, 15) is 33.6 Å². The molecule has 3 aliphatic carbocycles. The number of halogens is 3. The number of aryl methyl sites for hydroxylation is 3. The van der Waals surface area contributed by atoms with Gasteiger partial charge in [-0.25, -0.2) is 18.0 Å². The number of ether oxygens (including phenoxy) is 5. The molecule has 3 aromatic heterocycles. The number of carboxylic acids is 1. The monoisotopic (exact) mass is 1440 g/mol. The predicted octanol–water partition coefficient (Wildman–Crippen LogP) is 11.1. The van der Waals surface area contributed by atoms with Gasteiger partial charge in [-0.1, -0.05) is 0 Å². The molecule has 3 saturated heterocycles. The molecule has 6 heterocycles. The van der Waals surface area contributed by atoms with Gasteiger partial charge in [0.1, 0.15) is 46.9 Å². The first-order valence-electron chi connectivity index (χ1n) is 36.8. The van der Waals surface area contributed by atoms with E-state index in [2.05, 4.69) is 5.32 Å². The van der Waals surface area contributed by atoms with E-state index in [1.807, 2.05) is 77.0 Å². The van der Waals surface area contributed by atoms with E-state index in [4.69, 9.17) is 45.4 Å². The number of aliphatic hydroxyl groups is 1. The van der Waals surface area contributed by atoms with E-state index in [-0.39, 0.29) is 127 Å². The number of aromatic nitrogens is 3. The number of nitrogens with one attached hydrogen (secondary N) is 1. The van der Waals surface area contributed by atoms with Crippen LogP contribution in [0.25, 0.3) is 32.7 Å². The maximum atomic E-state index is 15.8. The quantitative estimate of drug-likeness (QED) is 0.0236. The number of hydrogen-bond donors (Lipinski definition) is 5. The van der Waals surface area contributed by atoms with E-state index in [0.29, 0.717) is 131 Å². The highest BCUT2D eigenvalue weighted by Gasteiger charge is 2.38. The van der Waals surface area contributed by atoms with Crippen molar-refractivity contribution in [1.82, 2.24) is 19.0 Å². The molecule has 3 aliphatic heterocycles. The van der Waals surface area contributed by atoms with Crippen molar-refractivity contribution in [2.24, 2.45) is 29.2 Å². The Bertz CT molecular complexity index is 4310. The third kappa shape index (κ3) is 18.4. The van der Waals surface area contributed by atoms with Gasteiger partial charge in [0, 0.05) is 129 Å². The molecular weight excluding hydrogens is 1330 g/mol. The summed E-state index contributed by atoms with van der Waals surface area (Å²) in [5, 5.41) is 22.3. The lowest BCUT2D eigenvalue weighted by molar-refractivity contribution is -0.143. The molecule has 0 spiro atoms. The first-order valence-corrected chi connectivity index (χ1v) is 36.8. The van der Waals surface area contributed by atoms with Crippen molar-refractivity contribution in [3.05, 3.63) is 102 Å². The molecule has 0 bridgehead atoms. The number of aliphatic carboxylic acids is 1. The number of benzene rings is 3. The van der Waals surface area contributed by atoms with Crippen molar-refractivity contribution in [1.29, 1.82) is 0 Å². The highest BCUT2D eigenvalue weighted by Crippen LogP contribution is 2.46. The molecule has 3 aromatic carbocycles. The zero-order valence-electron chi connectivity index (χ0n) is 61.3. The Kier molecular flexibility index (Phi) is 24.9. The molecule has 23 nitrogen and oxygen atoms in total. The van der Waals surface area contributed by atoms with Crippen molar-refractivity contribution in [3.63, 3.8) is 0 Å². The summed E-state index contributed by atoms with van der Waals surface area (Å²) in [7, 11) is 0. The summed E-state index contributed by atoms with van der Waals surface area (Å²) >= 11 is 0. The van der Waals surface area contributed by atoms with Crippen molar-refractivity contribution < 1.29 is 66.2 Å². The number of nitrogens with two attached hydrogens (primary N) is 2. The number of nitrogens with zero attached hydrogens (tertiary/aromatic N) is 6. The molecule has 3 saturated carbocycles. The van der Waals surface area contributed by atoms with Gasteiger partial charge in [0.15, 0.2) is 5.78 Å². The zero-order chi connectivity index (χ0) is 74.5. The number of amides is 1. The normalized spacial score (nSPS) is 19.0. The Hall–Kier alpha value is -8.36. The second kappa shape index (κ2) is 33.2. The van der Waals surface area contributed by atoms with Crippen molar-refractivity contribution >= 4 is 73.6 Å². The standard InChI is InChI=1S/C30H42FN3O6.C24H32FN3O4.C23H30FN3O4/c1-7-38-26(36)9-8-14-39-24-16-25(35)34(21-10-11-21)27-18(2)28(23(31)15-22(24)27)33-13-12-20(17-33)19(3)32-29(37)40-30(4,5)6;1-14-23-19(10-20(25)24(14)27-8-7-16(12-27)15(2)26)21(32-9-3-4-18(30)13-29)11-22(31)28(23)17-5-6-17;1-13-22-17(10-18(24)23(13)26-8-7-15(12-26)14(2)25)19(31-9-3-4-21(29)30)11-20(28)27(22)16-5-6-16/h15-16,19-21H,7-14,17H2,1-6H3,(H,32,37);10-11,15-17,29H,3-9,12-13,26H2,1-2H3;10-11,14-16H,3-9,12,25H2,1-2H3,(H,29,30)/t19-,20+;15-,16+;14-,15+/m000/s1. The summed E-state index contributed by atoms with van der Waals surface area (Å²) in [6.45, 7) is 23.2. The van der Waals surface area contributed by atoms with Gasteiger partial charge in [0.2, 0.25) is 0 Å². The molecule has 26 heteroatoms. The predicted molar refractivity (Wildman–Crippen MR) is 391 cm³/mol. The topological polar surface area (TPSA) is 295 Å². The molecule has 6 aliphatic rings. The molecule has 6 atom stereocenters. The number of carbonyl (C=O) groups is 4. The second-order valence-corrected chi connectivity index (χ2v) is 29.9. The van der Waals surface area contributed by atoms with Gasteiger partial charge in [0.05, 0.1) is 60.0 Å². The maximum absolute atomic E-state index is 15.8. The number of anilines is 3. The summed E-state index contributed by atoms with van der Waals surface area (Å²) in [6, 6.07) is 8.96. The van der Waals surface area contributed by atoms with Gasteiger partial charge >= 0.3 is 18.0 Å². The summed E-state index contributed by atoms with van der Waals surface area (Å²) in [6.07, 6.45) is 9.21. The Labute approximate surface area is 598 Å². The van der Waals surface area contributed by atoms with E-state index in [0.717, 1.165) is 87.5 Å². The molecule has 6 fully saturated rings. The number of rotatable bonds is 27. The summed E-state index contributed by atoms with van der Waals surface area (Å²) in [4.78, 5) is 91.3. The highest BCUT2D eigenvalue weighted by atomic mass is 19.1. The number of alkyl carbamates (subject to hydrolysis) is 1. The number of carboxylic acid groups (broad SMARTS) is 1. The minimum Gasteiger partial charge on any atom is -0.493 e. The number of esters is 1. The van der Waals surface area contributed by atoms with Gasteiger partial charge in [-0.3, -0.25) is 28.8 Å². The van der Waals surface area contributed by atoms with E-state index in [1.165, 1.54) is 36.4 Å². The van der Waals surface area contributed by atoms with Crippen LogP contribution in [0.1, 0.15) is 180 Å². The van der Waals surface area contributed by atoms with Crippen LogP contribution in [-0.4, -0.2) is 144 Å². The number of fused-ring (bicyclic) bond motifs is 3. The smallest absolute Gasteiger partial charge is 0.407 e. The van der Waals surface area contributed by atoms with Crippen LogP contribution in [0.2, 0.25) is 0 Å². The Morgan fingerprint density at radius 1 is 0.553 bits per heavy atom. The van der Waals surface area contributed by atoms with Crippen molar-refractivity contribution in [3.8, 4) is 17.2 Å². The van der Waals surface area contributed by atoms with Crippen LogP contribution in [0.5, 0.6) is 17.2 Å². The summed E-state index contributed by atoms with van der Waals surface area (Å²) in [5.41, 5.74) is 16.9. The molecule has 12 rings (SSSR count). The molecule has 0 unspecified atom stereocenters. The SMILES string of the molecule is CCOC(=O)CCCOc1cc(=O)n(C2CC2)c2c(C)c(N3CC[C@@H]([C@H](C)NC(=O)OC(C)(C)C)C3)c(F)cc12.Cc1c(N2CC[C@@H]([C@H](C)N)C2)c(F)cc2c(OCCCC(=O)CO)cc(=O)n(C3CC3)c12.Cc1c(N2CC[C@@H]([C@H](C)N)C2)c(F)cc2c(OCCCC(=O)O)cc(=O)n(C3CC3)c12. The largest absolute Gasteiger partial charge is 0.493 e. The van der Waals surface area contributed by atoms with Gasteiger partial charge in [-0.15, -0.1) is 0 Å². The first-order chi connectivity index (χ1) is 49.0. The van der Waals surface area contributed by atoms with Crippen LogP contribution >= 0.6 is 0 Å². The molecule has 1 amide bonds. The van der Waals surface area contributed by atoms with Crippen LogP contribution in [0, 0.1) is 56.0 Å². The lowest BCUT2D eigenvalue weighted by Gasteiger charge is -2.27. The maximum Gasteiger partial charge on any atom is 0.407 e. The Balaban J connectivity index is 0.000000168. The van der Waals surface area contributed by atoms with Gasteiger partial charge in [-0.05, 0) is 199 Å². The fraction of sp³-hybridized carbons (Fsp3) is 0.597. The molecule has 103 heavy (non-hydrogen) atoms. The fourth-order valence-electron chi connectivity index (χ4n) is 14.9. The van der Waals surface area contributed by atoms with Crippen LogP contribution in [-0.2, 0) is 23.9 Å². The van der Waals surface area contributed by atoms with Crippen LogP contribution in [0.15, 0.2) is 50.8 Å². The third-order valence-corrected chi connectivity index (χ3v) is 20.6. The number of ketones is 1. The van der Waals surface area contributed by atoms with Gasteiger partial charge in [0.25, 0.3) is 16.7 Å². The minimum atomic E-state index is -0.903.